The number of pyridine rings is 2. The molecule has 0 saturated carbocycles. The first-order chi connectivity index (χ1) is 22.8. The van der Waals surface area contributed by atoms with Crippen LogP contribution in [0, 0.1) is 0 Å². The number of benzene rings is 5. The number of nitrogens with zero attached hydrogens (tertiary/aromatic N) is 4. The molecule has 2 aromatic heterocycles. The molecule has 0 radical (unpaired) electrons. The lowest BCUT2D eigenvalue weighted by Crippen LogP contribution is -2.29. The van der Waals surface area contributed by atoms with Crippen molar-refractivity contribution in [1.82, 2.24) is 9.97 Å². The van der Waals surface area contributed by atoms with Crippen molar-refractivity contribution in [3.63, 3.8) is 0 Å². The second kappa shape index (κ2) is 11.4. The quantitative estimate of drug-likeness (QED) is 0.189. The molecule has 7 aromatic rings. The van der Waals surface area contributed by atoms with Crippen LogP contribution in [-0.2, 0) is 0 Å². The predicted molar refractivity (Wildman–Crippen MR) is 195 cm³/mol. The maximum atomic E-state index is 5.14. The first-order valence-electron chi connectivity index (χ1n) is 17.1. The number of piperidine rings is 2. The molecule has 0 aliphatic carbocycles. The molecule has 46 heavy (non-hydrogen) atoms. The van der Waals surface area contributed by atoms with Gasteiger partial charge in [0.05, 0.1) is 11.4 Å². The number of aromatic nitrogens is 2. The lowest BCUT2D eigenvalue weighted by atomic mass is 9.86. The van der Waals surface area contributed by atoms with Crippen molar-refractivity contribution in [2.75, 3.05) is 36.0 Å². The largest absolute Gasteiger partial charge is 0.372 e. The van der Waals surface area contributed by atoms with Gasteiger partial charge in [0.25, 0.3) is 0 Å². The van der Waals surface area contributed by atoms with Gasteiger partial charge in [-0.25, -0.2) is 0 Å². The lowest BCUT2D eigenvalue weighted by Gasteiger charge is -2.30. The van der Waals surface area contributed by atoms with Crippen molar-refractivity contribution in [2.45, 2.75) is 38.5 Å². The fourth-order valence-corrected chi connectivity index (χ4v) is 8.05. The zero-order valence-corrected chi connectivity index (χ0v) is 26.3. The van der Waals surface area contributed by atoms with E-state index in [-0.39, 0.29) is 0 Å². The van der Waals surface area contributed by atoms with Crippen LogP contribution in [0.5, 0.6) is 0 Å². The Hall–Kier alpha value is -4.96. The summed E-state index contributed by atoms with van der Waals surface area (Å²) in [6, 6.07) is 36.0. The van der Waals surface area contributed by atoms with Gasteiger partial charge in [0.15, 0.2) is 0 Å². The van der Waals surface area contributed by atoms with Gasteiger partial charge in [-0.05, 0) is 107 Å². The van der Waals surface area contributed by atoms with Crippen molar-refractivity contribution in [2.24, 2.45) is 0 Å². The van der Waals surface area contributed by atoms with Crippen LogP contribution in [0.1, 0.15) is 38.5 Å². The Labute approximate surface area is 270 Å². The fraction of sp³-hybridized carbons (Fsp3) is 0.238. The van der Waals surface area contributed by atoms with Gasteiger partial charge in [-0.15, -0.1) is 0 Å². The Morgan fingerprint density at radius 3 is 1.28 bits per heavy atom. The molecule has 2 saturated heterocycles. The van der Waals surface area contributed by atoms with E-state index in [9.17, 15) is 0 Å². The molecule has 0 unspecified atom stereocenters. The zero-order chi connectivity index (χ0) is 30.5. The third kappa shape index (κ3) is 4.58. The number of anilines is 2. The normalized spacial score (nSPS) is 15.7. The van der Waals surface area contributed by atoms with Crippen LogP contribution in [0.3, 0.4) is 0 Å². The van der Waals surface area contributed by atoms with E-state index in [1.54, 1.807) is 0 Å². The number of hydrogen-bond acceptors (Lipinski definition) is 4. The van der Waals surface area contributed by atoms with Crippen molar-refractivity contribution in [1.29, 1.82) is 0 Å². The number of hydrogen-bond donors (Lipinski definition) is 0. The van der Waals surface area contributed by atoms with Crippen molar-refractivity contribution >= 4 is 54.5 Å². The summed E-state index contributed by atoms with van der Waals surface area (Å²) in [5.41, 5.74) is 7.13. The van der Waals surface area contributed by atoms with Crippen LogP contribution in [0.2, 0.25) is 0 Å². The van der Waals surface area contributed by atoms with E-state index in [1.165, 1.54) is 104 Å². The molecule has 0 bridgehead atoms. The summed E-state index contributed by atoms with van der Waals surface area (Å²) in [5.74, 6) is 0. The Bertz CT molecular complexity index is 2070. The molecular weight excluding hydrogens is 560 g/mol. The molecule has 0 atom stereocenters. The summed E-state index contributed by atoms with van der Waals surface area (Å²) in [4.78, 5) is 15.4. The summed E-state index contributed by atoms with van der Waals surface area (Å²) >= 11 is 0. The summed E-state index contributed by atoms with van der Waals surface area (Å²) in [6.07, 6.45) is 11.6. The molecule has 4 heterocycles. The molecule has 4 nitrogen and oxygen atoms in total. The highest BCUT2D eigenvalue weighted by molar-refractivity contribution is 6.25. The van der Waals surface area contributed by atoms with Crippen LogP contribution in [-0.4, -0.2) is 36.1 Å². The van der Waals surface area contributed by atoms with Gasteiger partial charge in [0.1, 0.15) is 0 Å². The minimum atomic E-state index is 1.05. The van der Waals surface area contributed by atoms with Gasteiger partial charge >= 0.3 is 0 Å². The van der Waals surface area contributed by atoms with E-state index in [1.807, 2.05) is 12.4 Å². The SMILES string of the molecule is c1ccc2c(-c3c4ccc(N5CCCCC5)cc4c(-c4nccc5ccccc45)c4ccc(N5CCCCC5)cc34)nccc2c1. The third-order valence-electron chi connectivity index (χ3n) is 10.3. The topological polar surface area (TPSA) is 32.3 Å². The predicted octanol–water partition coefficient (Wildman–Crippen LogP) is 10.4. The van der Waals surface area contributed by atoms with Crippen LogP contribution in [0.25, 0.3) is 65.6 Å². The van der Waals surface area contributed by atoms with Crippen LogP contribution >= 0.6 is 0 Å². The lowest BCUT2D eigenvalue weighted by molar-refractivity contribution is 0.578. The van der Waals surface area contributed by atoms with E-state index in [0.29, 0.717) is 0 Å². The smallest absolute Gasteiger partial charge is 0.0792 e. The third-order valence-corrected chi connectivity index (χ3v) is 10.3. The summed E-state index contributed by atoms with van der Waals surface area (Å²) in [6.45, 7) is 4.44. The maximum Gasteiger partial charge on any atom is 0.0792 e. The monoisotopic (exact) mass is 598 g/mol. The molecule has 2 aliphatic rings. The Morgan fingerprint density at radius 2 is 0.826 bits per heavy atom. The molecular formula is C42H38N4. The molecule has 0 N–H and O–H groups in total. The van der Waals surface area contributed by atoms with Gasteiger partial charge in [-0.1, -0.05) is 60.7 Å². The second-order valence-electron chi connectivity index (χ2n) is 13.1. The van der Waals surface area contributed by atoms with Crippen LogP contribution in [0.4, 0.5) is 11.4 Å². The van der Waals surface area contributed by atoms with Gasteiger partial charge in [0.2, 0.25) is 0 Å². The fourth-order valence-electron chi connectivity index (χ4n) is 8.05. The van der Waals surface area contributed by atoms with Crippen molar-refractivity contribution in [3.8, 4) is 22.5 Å². The molecule has 5 aromatic carbocycles. The molecule has 0 amide bonds. The average molecular weight is 599 g/mol. The van der Waals surface area contributed by atoms with E-state index in [2.05, 4.69) is 107 Å². The summed E-state index contributed by atoms with van der Waals surface area (Å²) < 4.78 is 0. The molecule has 9 rings (SSSR count). The van der Waals surface area contributed by atoms with Crippen molar-refractivity contribution in [3.05, 3.63) is 109 Å². The van der Waals surface area contributed by atoms with E-state index >= 15 is 0 Å². The molecule has 226 valence electrons. The molecule has 0 spiro atoms. The minimum Gasteiger partial charge on any atom is -0.372 e. The highest BCUT2D eigenvalue weighted by atomic mass is 15.1. The summed E-state index contributed by atoms with van der Waals surface area (Å²) in [5, 5.41) is 9.76. The first-order valence-corrected chi connectivity index (χ1v) is 17.1. The van der Waals surface area contributed by atoms with Gasteiger partial charge in [0, 0.05) is 71.8 Å². The molecule has 2 aliphatic heterocycles. The zero-order valence-electron chi connectivity index (χ0n) is 26.3. The Kier molecular flexibility index (Phi) is 6.80. The van der Waals surface area contributed by atoms with Crippen LogP contribution in [0.15, 0.2) is 109 Å². The van der Waals surface area contributed by atoms with E-state index < -0.39 is 0 Å². The van der Waals surface area contributed by atoms with Gasteiger partial charge < -0.3 is 9.80 Å². The second-order valence-corrected chi connectivity index (χ2v) is 13.1. The summed E-state index contributed by atoms with van der Waals surface area (Å²) in [7, 11) is 0. The highest BCUT2D eigenvalue weighted by Gasteiger charge is 2.23. The average Bonchev–Trinajstić information content (AvgIpc) is 3.14. The van der Waals surface area contributed by atoms with Gasteiger partial charge in [-0.2, -0.15) is 0 Å². The number of rotatable bonds is 4. The molecule has 4 heteroatoms. The van der Waals surface area contributed by atoms with Gasteiger partial charge in [-0.3, -0.25) is 9.97 Å². The van der Waals surface area contributed by atoms with Crippen molar-refractivity contribution < 1.29 is 0 Å². The Morgan fingerprint density at radius 1 is 0.391 bits per heavy atom. The maximum absolute atomic E-state index is 5.14. The first kappa shape index (κ1) is 27.4. The van der Waals surface area contributed by atoms with E-state index in [4.69, 9.17) is 9.97 Å². The van der Waals surface area contributed by atoms with Crippen LogP contribution < -0.4 is 9.80 Å². The highest BCUT2D eigenvalue weighted by Crippen LogP contribution is 2.47. The standard InChI is InChI=1S/C42H38N4/c1-7-23-45(24-8-1)31-15-17-35-37(27-31)39(41-33-13-5-3-11-29(33)19-21-43-41)36-18-16-32(46-25-9-2-10-26-46)28-38(36)40(35)42-34-14-6-4-12-30(34)20-22-44-42/h3-6,11-22,27-28H,1-2,7-10,23-26H2. The molecule has 2 fully saturated rings. The van der Waals surface area contributed by atoms with E-state index in [0.717, 1.165) is 37.6 Å². The Balaban J connectivity index is 1.43. The minimum absolute atomic E-state index is 1.05. The number of fused-ring (bicyclic) bond motifs is 4.